The molecule has 1 aliphatic carbocycles. The highest BCUT2D eigenvalue weighted by molar-refractivity contribution is 5.81. The topological polar surface area (TPSA) is 52.6 Å². The molecular formula is C17H32N2O2. The Kier molecular flexibility index (Phi) is 6.49. The van der Waals surface area contributed by atoms with Crippen LogP contribution in [-0.4, -0.2) is 46.7 Å². The molecule has 0 bridgehead atoms. The van der Waals surface area contributed by atoms with E-state index in [1.165, 1.54) is 25.7 Å². The van der Waals surface area contributed by atoms with Crippen LogP contribution in [0.15, 0.2) is 0 Å². The minimum atomic E-state index is -0.288. The van der Waals surface area contributed by atoms with E-state index in [1.807, 2.05) is 13.8 Å². The third-order valence-electron chi connectivity index (χ3n) is 5.11. The minimum Gasteiger partial charge on any atom is -0.393 e. The van der Waals surface area contributed by atoms with Crippen LogP contribution < -0.4 is 5.32 Å². The van der Waals surface area contributed by atoms with E-state index in [0.717, 1.165) is 38.6 Å². The molecule has 4 heteroatoms. The van der Waals surface area contributed by atoms with Gasteiger partial charge in [0.25, 0.3) is 0 Å². The van der Waals surface area contributed by atoms with Gasteiger partial charge in [0.1, 0.15) is 0 Å². The van der Waals surface area contributed by atoms with Crippen LogP contribution in [0.25, 0.3) is 0 Å². The number of hydrogen-bond acceptors (Lipinski definition) is 3. The molecule has 1 amide bonds. The molecule has 0 spiro atoms. The number of amides is 1. The second-order valence-electron chi connectivity index (χ2n) is 6.99. The van der Waals surface area contributed by atoms with Crippen molar-refractivity contribution in [3.63, 3.8) is 0 Å². The van der Waals surface area contributed by atoms with Crippen molar-refractivity contribution in [1.82, 2.24) is 10.2 Å². The third kappa shape index (κ3) is 4.96. The largest absolute Gasteiger partial charge is 0.393 e. The summed E-state index contributed by atoms with van der Waals surface area (Å²) in [6.07, 6.45) is 10.0. The number of piperidine rings is 1. The summed E-state index contributed by atoms with van der Waals surface area (Å²) < 4.78 is 0. The predicted molar refractivity (Wildman–Crippen MR) is 85.1 cm³/mol. The van der Waals surface area contributed by atoms with Crippen LogP contribution in [0.5, 0.6) is 0 Å². The number of carbonyl (C=O) groups is 1. The number of hydrogen-bond donors (Lipinski definition) is 2. The zero-order chi connectivity index (χ0) is 15.2. The van der Waals surface area contributed by atoms with Crippen molar-refractivity contribution in [3.05, 3.63) is 0 Å². The summed E-state index contributed by atoms with van der Waals surface area (Å²) in [5, 5.41) is 12.9. The molecule has 4 nitrogen and oxygen atoms in total. The number of aliphatic hydroxyl groups excluding tert-OH is 1. The van der Waals surface area contributed by atoms with Crippen LogP contribution in [0, 0.1) is 0 Å². The quantitative estimate of drug-likeness (QED) is 0.819. The van der Waals surface area contributed by atoms with Gasteiger partial charge in [-0.15, -0.1) is 0 Å². The third-order valence-corrected chi connectivity index (χ3v) is 5.11. The van der Waals surface area contributed by atoms with Crippen molar-refractivity contribution in [2.24, 2.45) is 0 Å². The Morgan fingerprint density at radius 1 is 1.14 bits per heavy atom. The van der Waals surface area contributed by atoms with Gasteiger partial charge in [-0.05, 0) is 52.5 Å². The lowest BCUT2D eigenvalue weighted by molar-refractivity contribution is -0.128. The van der Waals surface area contributed by atoms with Gasteiger partial charge < -0.3 is 10.4 Å². The lowest BCUT2D eigenvalue weighted by Crippen LogP contribution is -2.54. The molecule has 3 atom stereocenters. The maximum atomic E-state index is 12.5. The summed E-state index contributed by atoms with van der Waals surface area (Å²) >= 11 is 0. The number of rotatable bonds is 5. The van der Waals surface area contributed by atoms with Gasteiger partial charge in [-0.3, -0.25) is 9.69 Å². The second kappa shape index (κ2) is 8.14. The molecule has 1 saturated carbocycles. The second-order valence-corrected chi connectivity index (χ2v) is 6.99. The Labute approximate surface area is 129 Å². The number of aliphatic hydroxyl groups is 1. The first-order valence-corrected chi connectivity index (χ1v) is 8.82. The van der Waals surface area contributed by atoms with E-state index < -0.39 is 0 Å². The van der Waals surface area contributed by atoms with Crippen molar-refractivity contribution >= 4 is 5.91 Å². The highest BCUT2D eigenvalue weighted by Gasteiger charge is 2.31. The fourth-order valence-corrected chi connectivity index (χ4v) is 3.90. The van der Waals surface area contributed by atoms with E-state index in [4.69, 9.17) is 0 Å². The maximum Gasteiger partial charge on any atom is 0.237 e. The van der Waals surface area contributed by atoms with E-state index >= 15 is 0 Å². The normalized spacial score (nSPS) is 28.0. The molecule has 2 rings (SSSR count). The van der Waals surface area contributed by atoms with Gasteiger partial charge in [-0.1, -0.05) is 25.7 Å². The first-order valence-electron chi connectivity index (χ1n) is 8.82. The average Bonchev–Trinajstić information content (AvgIpc) is 2.47. The van der Waals surface area contributed by atoms with Gasteiger partial charge in [0.05, 0.1) is 12.1 Å². The number of likely N-dealkylation sites (tertiary alicyclic amines) is 1. The highest BCUT2D eigenvalue weighted by Crippen LogP contribution is 2.24. The number of nitrogens with zero attached hydrogens (tertiary/aromatic N) is 1. The average molecular weight is 296 g/mol. The van der Waals surface area contributed by atoms with Crippen molar-refractivity contribution in [2.75, 3.05) is 6.54 Å². The monoisotopic (exact) mass is 296 g/mol. The molecule has 0 aromatic heterocycles. The van der Waals surface area contributed by atoms with E-state index in [9.17, 15) is 9.90 Å². The molecule has 2 aliphatic rings. The van der Waals surface area contributed by atoms with Gasteiger partial charge in [-0.2, -0.15) is 0 Å². The molecule has 0 radical (unpaired) electrons. The van der Waals surface area contributed by atoms with E-state index in [2.05, 4.69) is 10.2 Å². The maximum absolute atomic E-state index is 12.5. The van der Waals surface area contributed by atoms with Gasteiger partial charge in [0.2, 0.25) is 5.91 Å². The SMILES string of the molecule is CC(O)CC1CCCCN1C(C)C(=O)NC1CCCCC1. The van der Waals surface area contributed by atoms with Gasteiger partial charge in [0.15, 0.2) is 0 Å². The first kappa shape index (κ1) is 16.8. The lowest BCUT2D eigenvalue weighted by Gasteiger charge is -2.40. The standard InChI is InChI=1S/C17H32N2O2/c1-13(20)12-16-10-6-7-11-19(16)14(2)17(21)18-15-8-4-3-5-9-15/h13-16,20H,3-12H2,1-2H3,(H,18,21). The Hall–Kier alpha value is -0.610. The van der Waals surface area contributed by atoms with Crippen LogP contribution in [0.1, 0.15) is 71.6 Å². The fraction of sp³-hybridized carbons (Fsp3) is 0.941. The van der Waals surface area contributed by atoms with Crippen LogP contribution >= 0.6 is 0 Å². The summed E-state index contributed by atoms with van der Waals surface area (Å²) in [5.41, 5.74) is 0. The number of nitrogens with one attached hydrogen (secondary N) is 1. The molecule has 3 unspecified atom stereocenters. The molecule has 1 heterocycles. The fourth-order valence-electron chi connectivity index (χ4n) is 3.90. The number of carbonyl (C=O) groups excluding carboxylic acids is 1. The Morgan fingerprint density at radius 2 is 1.81 bits per heavy atom. The Bertz CT molecular complexity index is 327. The van der Waals surface area contributed by atoms with Crippen LogP contribution in [-0.2, 0) is 4.79 Å². The molecule has 0 aromatic carbocycles. The minimum absolute atomic E-state index is 0.0732. The van der Waals surface area contributed by atoms with Crippen LogP contribution in [0.4, 0.5) is 0 Å². The molecule has 1 saturated heterocycles. The Balaban J connectivity index is 1.88. The van der Waals surface area contributed by atoms with Gasteiger partial charge in [-0.25, -0.2) is 0 Å². The first-order chi connectivity index (χ1) is 10.1. The Morgan fingerprint density at radius 3 is 2.48 bits per heavy atom. The molecular weight excluding hydrogens is 264 g/mol. The summed E-state index contributed by atoms with van der Waals surface area (Å²) in [7, 11) is 0. The smallest absolute Gasteiger partial charge is 0.237 e. The van der Waals surface area contributed by atoms with Gasteiger partial charge >= 0.3 is 0 Å². The molecule has 21 heavy (non-hydrogen) atoms. The molecule has 2 fully saturated rings. The zero-order valence-corrected chi connectivity index (χ0v) is 13.7. The lowest BCUT2D eigenvalue weighted by atomic mass is 9.94. The summed E-state index contributed by atoms with van der Waals surface area (Å²) in [4.78, 5) is 14.8. The highest BCUT2D eigenvalue weighted by atomic mass is 16.3. The molecule has 0 aromatic rings. The van der Waals surface area contributed by atoms with Crippen molar-refractivity contribution in [3.8, 4) is 0 Å². The van der Waals surface area contributed by atoms with Gasteiger partial charge in [0, 0.05) is 12.1 Å². The van der Waals surface area contributed by atoms with E-state index in [1.54, 1.807) is 0 Å². The van der Waals surface area contributed by atoms with Crippen LogP contribution in [0.3, 0.4) is 0 Å². The van der Waals surface area contributed by atoms with Crippen molar-refractivity contribution < 1.29 is 9.90 Å². The zero-order valence-electron chi connectivity index (χ0n) is 13.7. The van der Waals surface area contributed by atoms with Crippen LogP contribution in [0.2, 0.25) is 0 Å². The molecule has 1 aliphatic heterocycles. The van der Waals surface area contributed by atoms with Crippen molar-refractivity contribution in [2.45, 2.75) is 95.9 Å². The van der Waals surface area contributed by atoms with E-state index in [-0.39, 0.29) is 18.1 Å². The summed E-state index contributed by atoms with van der Waals surface area (Å²) in [5.74, 6) is 0.180. The molecule has 122 valence electrons. The molecule has 2 N–H and O–H groups in total. The summed E-state index contributed by atoms with van der Waals surface area (Å²) in [6, 6.07) is 0.663. The predicted octanol–water partition coefficient (Wildman–Crippen LogP) is 2.45. The summed E-state index contributed by atoms with van der Waals surface area (Å²) in [6.45, 7) is 4.86. The van der Waals surface area contributed by atoms with E-state index in [0.29, 0.717) is 12.1 Å². The van der Waals surface area contributed by atoms with Crippen molar-refractivity contribution in [1.29, 1.82) is 0 Å².